The third kappa shape index (κ3) is 3.61. The van der Waals surface area contributed by atoms with Crippen molar-refractivity contribution in [3.8, 4) is 5.75 Å². The Balaban J connectivity index is 1.71. The second-order valence-electron chi connectivity index (χ2n) is 4.86. The number of carbonyl (C=O) groups excluding carboxylic acids is 1. The van der Waals surface area contributed by atoms with Crippen LogP contribution in [0.3, 0.4) is 0 Å². The van der Waals surface area contributed by atoms with E-state index in [2.05, 4.69) is 5.32 Å². The van der Waals surface area contributed by atoms with E-state index in [9.17, 15) is 4.79 Å². The van der Waals surface area contributed by atoms with Gasteiger partial charge in [0.15, 0.2) is 0 Å². The topological polar surface area (TPSA) is 73.6 Å². The Labute approximate surface area is 113 Å². The van der Waals surface area contributed by atoms with Gasteiger partial charge in [-0.05, 0) is 31.9 Å². The van der Waals surface area contributed by atoms with Crippen molar-refractivity contribution in [1.82, 2.24) is 5.32 Å². The van der Waals surface area contributed by atoms with E-state index in [-0.39, 0.29) is 5.91 Å². The van der Waals surface area contributed by atoms with Crippen LogP contribution in [-0.2, 0) is 9.53 Å². The van der Waals surface area contributed by atoms with Gasteiger partial charge in [0.1, 0.15) is 18.0 Å². The summed E-state index contributed by atoms with van der Waals surface area (Å²) in [4.78, 5) is 11.9. The molecule has 0 spiro atoms. The van der Waals surface area contributed by atoms with Gasteiger partial charge in [0, 0.05) is 18.4 Å². The molecular formula is C14H20N2O3. The quantitative estimate of drug-likeness (QED) is 0.621. The molecular weight excluding hydrogens is 244 g/mol. The summed E-state index contributed by atoms with van der Waals surface area (Å²) >= 11 is 0. The molecule has 1 aliphatic heterocycles. The summed E-state index contributed by atoms with van der Waals surface area (Å²) in [5, 5.41) is 2.83. The van der Waals surface area contributed by atoms with Gasteiger partial charge in [0.05, 0.1) is 6.54 Å². The summed E-state index contributed by atoms with van der Waals surface area (Å²) < 4.78 is 11.0. The number of nitrogens with two attached hydrogens (primary N) is 1. The van der Waals surface area contributed by atoms with Crippen molar-refractivity contribution < 1.29 is 14.3 Å². The Kier molecular flexibility index (Phi) is 4.27. The van der Waals surface area contributed by atoms with Crippen molar-refractivity contribution in [2.75, 3.05) is 25.5 Å². The van der Waals surface area contributed by atoms with Gasteiger partial charge in [-0.25, -0.2) is 0 Å². The SMILES string of the molecule is CC1(C(=O)NCCOc2cccc(N)c2)CCCO1. The highest BCUT2D eigenvalue weighted by molar-refractivity contribution is 5.84. The van der Waals surface area contributed by atoms with Gasteiger partial charge in [0.25, 0.3) is 5.91 Å². The van der Waals surface area contributed by atoms with Gasteiger partial charge in [-0.1, -0.05) is 6.07 Å². The Morgan fingerprint density at radius 1 is 1.58 bits per heavy atom. The number of nitrogens with one attached hydrogen (secondary N) is 1. The lowest BCUT2D eigenvalue weighted by molar-refractivity contribution is -0.139. The molecule has 19 heavy (non-hydrogen) atoms. The molecule has 1 atom stereocenters. The van der Waals surface area contributed by atoms with Gasteiger partial charge in [0.2, 0.25) is 0 Å². The third-order valence-electron chi connectivity index (χ3n) is 3.21. The molecule has 1 aromatic rings. The average molecular weight is 264 g/mol. The fourth-order valence-electron chi connectivity index (χ4n) is 2.08. The van der Waals surface area contributed by atoms with E-state index in [0.717, 1.165) is 12.8 Å². The molecule has 0 radical (unpaired) electrons. The van der Waals surface area contributed by atoms with Crippen molar-refractivity contribution in [2.24, 2.45) is 0 Å². The predicted molar refractivity (Wildman–Crippen MR) is 73.0 cm³/mol. The molecule has 1 amide bonds. The van der Waals surface area contributed by atoms with Crippen LogP contribution in [0.25, 0.3) is 0 Å². The molecule has 0 bridgehead atoms. The predicted octanol–water partition coefficient (Wildman–Crippen LogP) is 1.33. The van der Waals surface area contributed by atoms with Crippen LogP contribution in [-0.4, -0.2) is 31.3 Å². The zero-order valence-corrected chi connectivity index (χ0v) is 11.1. The molecule has 2 rings (SSSR count). The molecule has 1 fully saturated rings. The molecule has 1 aromatic carbocycles. The number of anilines is 1. The number of carbonyl (C=O) groups is 1. The molecule has 1 unspecified atom stereocenters. The second kappa shape index (κ2) is 5.93. The molecule has 0 saturated carbocycles. The number of amides is 1. The lowest BCUT2D eigenvalue weighted by Gasteiger charge is -2.21. The number of hydrogen-bond donors (Lipinski definition) is 2. The number of ether oxygens (including phenoxy) is 2. The summed E-state index contributed by atoms with van der Waals surface area (Å²) in [6, 6.07) is 7.21. The summed E-state index contributed by atoms with van der Waals surface area (Å²) in [5.41, 5.74) is 5.64. The lowest BCUT2D eigenvalue weighted by Crippen LogP contribution is -2.45. The van der Waals surface area contributed by atoms with Crippen molar-refractivity contribution in [2.45, 2.75) is 25.4 Å². The normalized spacial score (nSPS) is 22.2. The minimum absolute atomic E-state index is 0.0684. The highest BCUT2D eigenvalue weighted by Crippen LogP contribution is 2.24. The van der Waals surface area contributed by atoms with Crippen LogP contribution in [0.2, 0.25) is 0 Å². The van der Waals surface area contributed by atoms with E-state index in [1.807, 2.05) is 19.1 Å². The molecule has 5 heteroatoms. The van der Waals surface area contributed by atoms with Gasteiger partial charge < -0.3 is 20.5 Å². The summed E-state index contributed by atoms with van der Waals surface area (Å²) in [5.74, 6) is 0.638. The Morgan fingerprint density at radius 3 is 3.11 bits per heavy atom. The van der Waals surface area contributed by atoms with E-state index in [4.69, 9.17) is 15.2 Å². The van der Waals surface area contributed by atoms with Crippen LogP contribution in [0, 0.1) is 0 Å². The zero-order chi connectivity index (χ0) is 13.7. The largest absolute Gasteiger partial charge is 0.492 e. The minimum atomic E-state index is -0.669. The van der Waals surface area contributed by atoms with E-state index < -0.39 is 5.60 Å². The van der Waals surface area contributed by atoms with E-state index in [0.29, 0.717) is 31.2 Å². The van der Waals surface area contributed by atoms with E-state index >= 15 is 0 Å². The maximum absolute atomic E-state index is 11.9. The third-order valence-corrected chi connectivity index (χ3v) is 3.21. The van der Waals surface area contributed by atoms with Crippen molar-refractivity contribution in [1.29, 1.82) is 0 Å². The molecule has 104 valence electrons. The summed E-state index contributed by atoms with van der Waals surface area (Å²) in [6.45, 7) is 3.34. The minimum Gasteiger partial charge on any atom is -0.492 e. The van der Waals surface area contributed by atoms with Crippen molar-refractivity contribution in [3.05, 3.63) is 24.3 Å². The van der Waals surface area contributed by atoms with Crippen molar-refractivity contribution in [3.63, 3.8) is 0 Å². The maximum atomic E-state index is 11.9. The van der Waals surface area contributed by atoms with E-state index in [1.54, 1.807) is 12.1 Å². The Morgan fingerprint density at radius 2 is 2.42 bits per heavy atom. The van der Waals surface area contributed by atoms with Gasteiger partial charge in [-0.2, -0.15) is 0 Å². The Hall–Kier alpha value is -1.75. The van der Waals surface area contributed by atoms with Gasteiger partial charge in [-0.15, -0.1) is 0 Å². The summed E-state index contributed by atoms with van der Waals surface area (Å²) in [7, 11) is 0. The first kappa shape index (κ1) is 13.7. The maximum Gasteiger partial charge on any atom is 0.252 e. The van der Waals surface area contributed by atoms with Crippen LogP contribution in [0.1, 0.15) is 19.8 Å². The number of hydrogen-bond acceptors (Lipinski definition) is 4. The molecule has 0 aromatic heterocycles. The first-order valence-electron chi connectivity index (χ1n) is 6.51. The van der Waals surface area contributed by atoms with E-state index in [1.165, 1.54) is 0 Å². The van der Waals surface area contributed by atoms with Crippen LogP contribution in [0.5, 0.6) is 5.75 Å². The van der Waals surface area contributed by atoms with Crippen LogP contribution >= 0.6 is 0 Å². The lowest BCUT2D eigenvalue weighted by atomic mass is 10.0. The first-order valence-corrected chi connectivity index (χ1v) is 6.51. The standard InChI is InChI=1S/C14H20N2O3/c1-14(6-3-8-19-14)13(17)16-7-9-18-12-5-2-4-11(15)10-12/h2,4-5,10H,3,6-9,15H2,1H3,(H,16,17). The number of nitrogen functional groups attached to an aromatic ring is 1. The molecule has 3 N–H and O–H groups in total. The molecule has 0 aliphatic carbocycles. The summed E-state index contributed by atoms with van der Waals surface area (Å²) in [6.07, 6.45) is 1.71. The van der Waals surface area contributed by atoms with Crippen LogP contribution in [0.4, 0.5) is 5.69 Å². The number of rotatable bonds is 5. The van der Waals surface area contributed by atoms with Crippen LogP contribution in [0.15, 0.2) is 24.3 Å². The molecule has 1 aliphatic rings. The fourth-order valence-corrected chi connectivity index (χ4v) is 2.08. The van der Waals surface area contributed by atoms with Crippen molar-refractivity contribution >= 4 is 11.6 Å². The molecule has 5 nitrogen and oxygen atoms in total. The molecule has 1 saturated heterocycles. The monoisotopic (exact) mass is 264 g/mol. The average Bonchev–Trinajstić information content (AvgIpc) is 2.83. The van der Waals surface area contributed by atoms with Crippen LogP contribution < -0.4 is 15.8 Å². The zero-order valence-electron chi connectivity index (χ0n) is 11.1. The molecule has 1 heterocycles. The van der Waals surface area contributed by atoms with Gasteiger partial charge in [-0.3, -0.25) is 4.79 Å². The van der Waals surface area contributed by atoms with Gasteiger partial charge >= 0.3 is 0 Å². The second-order valence-corrected chi connectivity index (χ2v) is 4.86. The Bertz CT molecular complexity index is 442. The highest BCUT2D eigenvalue weighted by atomic mass is 16.5. The highest BCUT2D eigenvalue weighted by Gasteiger charge is 2.37. The number of benzene rings is 1. The first-order chi connectivity index (χ1) is 9.10. The smallest absolute Gasteiger partial charge is 0.252 e. The fraction of sp³-hybridized carbons (Fsp3) is 0.500.